The van der Waals surface area contributed by atoms with Crippen molar-refractivity contribution in [3.8, 4) is 0 Å². The molecule has 3 nitrogen and oxygen atoms in total. The molecule has 0 heterocycles. The lowest BCUT2D eigenvalue weighted by atomic mass is 11.1. The van der Waals surface area contributed by atoms with Crippen molar-refractivity contribution in [2.75, 3.05) is 0 Å². The van der Waals surface area contributed by atoms with Crippen molar-refractivity contribution in [1.29, 1.82) is 0 Å². The number of rotatable bonds is 4. The van der Waals surface area contributed by atoms with Gasteiger partial charge in [-0.15, -0.1) is 0 Å². The van der Waals surface area contributed by atoms with Crippen LogP contribution in [0.3, 0.4) is 0 Å². The van der Waals surface area contributed by atoms with Crippen LogP contribution >= 0.6 is 0 Å². The summed E-state index contributed by atoms with van der Waals surface area (Å²) in [5.74, 6) is 0. The zero-order valence-electron chi connectivity index (χ0n) is 4.80. The zero-order valence-corrected chi connectivity index (χ0v) is 5.62. The SMILES string of the molecule is C=C(F)OS(=O)OC(=C)F. The van der Waals surface area contributed by atoms with Gasteiger partial charge >= 0.3 is 11.4 Å². The highest BCUT2D eigenvalue weighted by molar-refractivity contribution is 7.75. The van der Waals surface area contributed by atoms with Crippen molar-refractivity contribution in [1.82, 2.24) is 0 Å². The monoisotopic (exact) mass is 170 g/mol. The van der Waals surface area contributed by atoms with Gasteiger partial charge in [-0.05, 0) is 13.2 Å². The summed E-state index contributed by atoms with van der Waals surface area (Å²) >= 11 is -2.53. The predicted molar refractivity (Wildman–Crippen MR) is 30.8 cm³/mol. The molecule has 6 heteroatoms. The highest BCUT2D eigenvalue weighted by atomic mass is 32.2. The molecular formula is C4H4F2O3S. The van der Waals surface area contributed by atoms with E-state index in [9.17, 15) is 13.0 Å². The summed E-state index contributed by atoms with van der Waals surface area (Å²) in [4.78, 5) is 0. The van der Waals surface area contributed by atoms with Gasteiger partial charge in [-0.2, -0.15) is 13.0 Å². The van der Waals surface area contributed by atoms with Crippen LogP contribution in [-0.2, 0) is 19.7 Å². The minimum Gasteiger partial charge on any atom is -0.342 e. The van der Waals surface area contributed by atoms with E-state index in [4.69, 9.17) is 0 Å². The molecule has 0 aliphatic rings. The Labute approximate surface area is 58.8 Å². The van der Waals surface area contributed by atoms with E-state index in [1.807, 2.05) is 0 Å². The minimum atomic E-state index is -2.53. The van der Waals surface area contributed by atoms with Crippen LogP contribution in [0.15, 0.2) is 25.2 Å². The Morgan fingerprint density at radius 1 is 1.20 bits per heavy atom. The van der Waals surface area contributed by atoms with E-state index < -0.39 is 23.4 Å². The van der Waals surface area contributed by atoms with Crippen molar-refractivity contribution in [2.24, 2.45) is 0 Å². The summed E-state index contributed by atoms with van der Waals surface area (Å²) < 4.78 is 40.5. The topological polar surface area (TPSA) is 35.5 Å². The maximum absolute atomic E-state index is 11.6. The van der Waals surface area contributed by atoms with Crippen LogP contribution in [0.2, 0.25) is 0 Å². The first-order valence-electron chi connectivity index (χ1n) is 1.99. The molecule has 0 aromatic rings. The fourth-order valence-corrected chi connectivity index (χ4v) is 0.494. The van der Waals surface area contributed by atoms with Gasteiger partial charge in [0.25, 0.3) is 12.0 Å². The maximum Gasteiger partial charge on any atom is 0.421 e. The molecule has 0 aromatic heterocycles. The van der Waals surface area contributed by atoms with Gasteiger partial charge in [0.15, 0.2) is 0 Å². The molecule has 0 N–H and O–H groups in total. The normalized spacial score (nSPS) is 9.10. The predicted octanol–water partition coefficient (Wildman–Crippen LogP) is 1.48. The van der Waals surface area contributed by atoms with Gasteiger partial charge in [0, 0.05) is 0 Å². The van der Waals surface area contributed by atoms with Crippen LogP contribution in [0.1, 0.15) is 0 Å². The zero-order chi connectivity index (χ0) is 8.15. The first kappa shape index (κ1) is 9.09. The van der Waals surface area contributed by atoms with Crippen molar-refractivity contribution in [3.63, 3.8) is 0 Å². The number of hydrogen-bond acceptors (Lipinski definition) is 3. The maximum atomic E-state index is 11.6. The lowest BCUT2D eigenvalue weighted by Crippen LogP contribution is -1.96. The van der Waals surface area contributed by atoms with Crippen molar-refractivity contribution in [3.05, 3.63) is 25.2 Å². The summed E-state index contributed by atoms with van der Waals surface area (Å²) in [6.07, 6.45) is 0. The second-order valence-electron chi connectivity index (χ2n) is 1.08. The molecule has 58 valence electrons. The minimum absolute atomic E-state index is 1.32. The molecule has 0 rings (SSSR count). The fraction of sp³-hybridized carbons (Fsp3) is 0. The van der Waals surface area contributed by atoms with Crippen LogP contribution in [0.4, 0.5) is 8.78 Å². The average Bonchev–Trinajstić information content (AvgIpc) is 1.58. The highest BCUT2D eigenvalue weighted by Crippen LogP contribution is 2.04. The summed E-state index contributed by atoms with van der Waals surface area (Å²) in [6.45, 7) is 5.18. The molecule has 0 saturated heterocycles. The second-order valence-corrected chi connectivity index (χ2v) is 1.82. The van der Waals surface area contributed by atoms with Gasteiger partial charge in [-0.1, -0.05) is 0 Å². The van der Waals surface area contributed by atoms with Crippen LogP contribution in [0.25, 0.3) is 0 Å². The summed E-state index contributed by atoms with van der Waals surface area (Å²) in [7, 11) is 0. The van der Waals surface area contributed by atoms with Gasteiger partial charge < -0.3 is 8.37 Å². The third-order valence-corrected chi connectivity index (χ3v) is 0.951. The molecule has 0 spiro atoms. The Morgan fingerprint density at radius 3 is 1.70 bits per heavy atom. The van der Waals surface area contributed by atoms with Crippen molar-refractivity contribution < 1.29 is 21.4 Å². The molecule has 0 unspecified atom stereocenters. The first-order chi connectivity index (χ1) is 4.52. The Kier molecular flexibility index (Phi) is 3.63. The Hall–Kier alpha value is -0.910. The van der Waals surface area contributed by atoms with Gasteiger partial charge in [0.1, 0.15) is 0 Å². The quantitative estimate of drug-likeness (QED) is 0.599. The van der Waals surface area contributed by atoms with Crippen LogP contribution in [-0.4, -0.2) is 4.21 Å². The lowest BCUT2D eigenvalue weighted by Gasteiger charge is -1.97. The third-order valence-electron chi connectivity index (χ3n) is 0.317. The van der Waals surface area contributed by atoms with E-state index >= 15 is 0 Å². The Morgan fingerprint density at radius 2 is 1.50 bits per heavy atom. The van der Waals surface area contributed by atoms with Gasteiger partial charge in [-0.3, -0.25) is 0 Å². The Bertz CT molecular complexity index is 161. The molecule has 0 fully saturated rings. The first-order valence-corrected chi connectivity index (χ1v) is 2.99. The van der Waals surface area contributed by atoms with E-state index in [2.05, 4.69) is 21.5 Å². The molecule has 0 aliphatic carbocycles. The van der Waals surface area contributed by atoms with Crippen molar-refractivity contribution >= 4 is 11.4 Å². The average molecular weight is 170 g/mol. The standard InChI is InChI=1S/C4H4F2O3S/c1-3(5)8-10(7)9-4(2)6/h1-2H2. The van der Waals surface area contributed by atoms with Gasteiger partial charge in [0.2, 0.25) is 0 Å². The molecule has 0 saturated carbocycles. The molecular weight excluding hydrogens is 166 g/mol. The summed E-state index contributed by atoms with van der Waals surface area (Å²) in [5, 5.41) is 0. The van der Waals surface area contributed by atoms with E-state index in [0.29, 0.717) is 0 Å². The van der Waals surface area contributed by atoms with Crippen LogP contribution < -0.4 is 0 Å². The summed E-state index contributed by atoms with van der Waals surface area (Å²) in [6, 6.07) is -2.64. The number of hydrogen-bond donors (Lipinski definition) is 0. The van der Waals surface area contributed by atoms with Gasteiger partial charge in [-0.25, -0.2) is 0 Å². The molecule has 0 aromatic carbocycles. The van der Waals surface area contributed by atoms with Crippen LogP contribution in [0.5, 0.6) is 0 Å². The highest BCUT2D eigenvalue weighted by Gasteiger charge is 2.04. The molecule has 0 bridgehead atoms. The molecule has 10 heavy (non-hydrogen) atoms. The molecule has 0 aliphatic heterocycles. The third kappa shape index (κ3) is 5.23. The fourth-order valence-electron chi connectivity index (χ4n) is 0.165. The van der Waals surface area contributed by atoms with E-state index in [0.717, 1.165) is 0 Å². The van der Waals surface area contributed by atoms with E-state index in [1.165, 1.54) is 0 Å². The largest absolute Gasteiger partial charge is 0.421 e. The van der Waals surface area contributed by atoms with Crippen molar-refractivity contribution in [2.45, 2.75) is 0 Å². The van der Waals surface area contributed by atoms with Gasteiger partial charge in [0.05, 0.1) is 0 Å². The second kappa shape index (κ2) is 3.99. The Balaban J connectivity index is 3.65. The smallest absolute Gasteiger partial charge is 0.342 e. The molecule has 0 amide bonds. The van der Waals surface area contributed by atoms with E-state index in [-0.39, 0.29) is 0 Å². The van der Waals surface area contributed by atoms with E-state index in [1.54, 1.807) is 0 Å². The summed E-state index contributed by atoms with van der Waals surface area (Å²) in [5.41, 5.74) is 0. The number of halogens is 2. The van der Waals surface area contributed by atoms with Crippen LogP contribution in [0, 0.1) is 0 Å². The molecule has 0 atom stereocenters. The lowest BCUT2D eigenvalue weighted by molar-refractivity contribution is 0.250. The molecule has 0 radical (unpaired) electrons.